The van der Waals surface area contributed by atoms with E-state index in [1.165, 1.54) is 19.3 Å². The van der Waals surface area contributed by atoms with Crippen molar-refractivity contribution in [3.8, 4) is 0 Å². The number of carbonyl (C=O) groups excluding carboxylic acids is 2. The third-order valence-corrected chi connectivity index (χ3v) is 5.73. The molecule has 0 unspecified atom stereocenters. The van der Waals surface area contributed by atoms with Crippen LogP contribution in [0.15, 0.2) is 24.3 Å². The van der Waals surface area contributed by atoms with E-state index < -0.39 is 0 Å². The Labute approximate surface area is 143 Å². The highest BCUT2D eigenvalue weighted by atomic mass is 16.2. The fraction of sp³-hybridized carbons (Fsp3) is 0.579. The minimum absolute atomic E-state index is 0.0164. The van der Waals surface area contributed by atoms with Crippen LogP contribution in [0.5, 0.6) is 0 Å². The summed E-state index contributed by atoms with van der Waals surface area (Å²) in [7, 11) is 0. The molecular formula is C19H28N3O2+. The van der Waals surface area contributed by atoms with Gasteiger partial charge in [-0.15, -0.1) is 0 Å². The summed E-state index contributed by atoms with van der Waals surface area (Å²) in [5.41, 5.74) is 1.52. The van der Waals surface area contributed by atoms with Crippen LogP contribution >= 0.6 is 0 Å². The van der Waals surface area contributed by atoms with E-state index in [-0.39, 0.29) is 24.4 Å². The van der Waals surface area contributed by atoms with Crippen molar-refractivity contribution < 1.29 is 14.9 Å². The first-order valence-electron chi connectivity index (χ1n) is 9.02. The van der Waals surface area contributed by atoms with Gasteiger partial charge in [0.2, 0.25) is 5.91 Å². The second kappa shape index (κ2) is 6.93. The normalized spacial score (nSPS) is 28.0. The third kappa shape index (κ3) is 3.31. The lowest BCUT2D eigenvalue weighted by molar-refractivity contribution is -0.715. The van der Waals surface area contributed by atoms with Crippen LogP contribution in [0.25, 0.3) is 0 Å². The summed E-state index contributed by atoms with van der Waals surface area (Å²) in [4.78, 5) is 26.5. The number of para-hydroxylation sites is 2. The molecule has 24 heavy (non-hydrogen) atoms. The summed E-state index contributed by atoms with van der Waals surface area (Å²) in [5, 5.41) is 5.05. The monoisotopic (exact) mass is 330 g/mol. The summed E-state index contributed by atoms with van der Waals surface area (Å²) in [5.74, 6) is 1.21. The molecule has 1 aliphatic carbocycles. The van der Waals surface area contributed by atoms with Gasteiger partial charge in [0.15, 0.2) is 6.04 Å². The highest BCUT2D eigenvalue weighted by Gasteiger charge is 2.36. The number of anilines is 2. The lowest BCUT2D eigenvalue weighted by Crippen LogP contribution is -2.98. The number of amides is 2. The molecule has 5 heteroatoms. The number of carbonyl (C=O) groups is 2. The van der Waals surface area contributed by atoms with Gasteiger partial charge >= 0.3 is 0 Å². The second-order valence-corrected chi connectivity index (χ2v) is 7.40. The molecule has 1 aromatic carbocycles. The first-order valence-corrected chi connectivity index (χ1v) is 9.02. The Hall–Kier alpha value is -1.88. The Morgan fingerprint density at radius 3 is 2.83 bits per heavy atom. The predicted molar refractivity (Wildman–Crippen MR) is 94.8 cm³/mol. The van der Waals surface area contributed by atoms with Gasteiger partial charge in [-0.25, -0.2) is 0 Å². The summed E-state index contributed by atoms with van der Waals surface area (Å²) in [6.45, 7) is 6.67. The zero-order valence-corrected chi connectivity index (χ0v) is 14.8. The maximum Gasteiger partial charge on any atom is 0.285 e. The number of nitrogens with two attached hydrogens (primary N) is 1. The maximum atomic E-state index is 13.0. The van der Waals surface area contributed by atoms with E-state index >= 15 is 0 Å². The van der Waals surface area contributed by atoms with Crippen LogP contribution in [0.1, 0.15) is 40.0 Å². The van der Waals surface area contributed by atoms with E-state index in [4.69, 9.17) is 0 Å². The van der Waals surface area contributed by atoms with Crippen LogP contribution in [-0.4, -0.2) is 30.4 Å². The standard InChI is InChI=1S/C19H27N3O2/c1-12-7-6-9-15(13(12)2)20-14(3)19(24)22-11-18(23)21-16-8-4-5-10-17(16)22/h4-5,8,10,12-15,20H,6-7,9,11H2,1-3H3,(H,21,23)/p+1/t12-,13+,14-,15-/m0/s1. The Bertz CT molecular complexity index is 631. The van der Waals surface area contributed by atoms with Crippen LogP contribution in [0, 0.1) is 11.8 Å². The SMILES string of the molecule is C[C@H]1[C@@H]([NH2+][C@@H](C)C(=O)N2CC(=O)Nc3ccccc32)CCC[C@@H]1C. The molecule has 0 spiro atoms. The molecular weight excluding hydrogens is 302 g/mol. The molecule has 4 atom stereocenters. The Balaban J connectivity index is 1.73. The Kier molecular flexibility index (Phi) is 4.90. The van der Waals surface area contributed by atoms with Crippen LogP contribution < -0.4 is 15.5 Å². The van der Waals surface area contributed by atoms with E-state index in [1.54, 1.807) is 4.90 Å². The minimum Gasteiger partial charge on any atom is -0.334 e. The number of nitrogens with one attached hydrogen (secondary N) is 1. The zero-order chi connectivity index (χ0) is 17.3. The third-order valence-electron chi connectivity index (χ3n) is 5.73. The molecule has 0 saturated heterocycles. The smallest absolute Gasteiger partial charge is 0.285 e. The average Bonchev–Trinajstić information content (AvgIpc) is 2.57. The average molecular weight is 330 g/mol. The zero-order valence-electron chi connectivity index (χ0n) is 14.8. The molecule has 1 heterocycles. The van der Waals surface area contributed by atoms with Crippen molar-refractivity contribution in [3.63, 3.8) is 0 Å². The van der Waals surface area contributed by atoms with E-state index in [0.29, 0.717) is 23.6 Å². The number of benzene rings is 1. The lowest BCUT2D eigenvalue weighted by Gasteiger charge is -2.35. The van der Waals surface area contributed by atoms with Crippen molar-refractivity contribution in [1.29, 1.82) is 0 Å². The van der Waals surface area contributed by atoms with Crippen LogP contribution in [0.3, 0.4) is 0 Å². The summed E-state index contributed by atoms with van der Waals surface area (Å²) in [6.07, 6.45) is 3.69. The first-order chi connectivity index (χ1) is 11.5. The van der Waals surface area contributed by atoms with Gasteiger partial charge in [-0.3, -0.25) is 14.5 Å². The first kappa shape index (κ1) is 17.0. The summed E-state index contributed by atoms with van der Waals surface area (Å²) < 4.78 is 0. The molecule has 1 aromatic rings. The van der Waals surface area contributed by atoms with Crippen molar-refractivity contribution >= 4 is 23.2 Å². The molecule has 0 radical (unpaired) electrons. The van der Waals surface area contributed by atoms with Gasteiger partial charge in [-0.1, -0.05) is 26.0 Å². The number of fused-ring (bicyclic) bond motifs is 1. The number of quaternary nitrogens is 1. The molecule has 2 aliphatic rings. The summed E-state index contributed by atoms with van der Waals surface area (Å²) in [6, 6.07) is 7.81. The number of hydrogen-bond acceptors (Lipinski definition) is 2. The Morgan fingerprint density at radius 2 is 2.04 bits per heavy atom. The second-order valence-electron chi connectivity index (χ2n) is 7.40. The Morgan fingerprint density at radius 1 is 1.29 bits per heavy atom. The molecule has 1 aliphatic heterocycles. The number of nitrogens with zero attached hydrogens (tertiary/aromatic N) is 1. The molecule has 0 aromatic heterocycles. The van der Waals surface area contributed by atoms with Gasteiger partial charge < -0.3 is 10.6 Å². The maximum absolute atomic E-state index is 13.0. The van der Waals surface area contributed by atoms with Gasteiger partial charge in [0.25, 0.3) is 5.91 Å². The fourth-order valence-electron chi connectivity index (χ4n) is 4.02. The predicted octanol–water partition coefficient (Wildman–Crippen LogP) is 1.75. The van der Waals surface area contributed by atoms with Crippen LogP contribution in [0.4, 0.5) is 11.4 Å². The molecule has 3 rings (SSSR count). The summed E-state index contributed by atoms with van der Waals surface area (Å²) >= 11 is 0. The fourth-order valence-corrected chi connectivity index (χ4v) is 4.02. The quantitative estimate of drug-likeness (QED) is 0.887. The lowest BCUT2D eigenvalue weighted by atomic mass is 9.78. The number of hydrogen-bond donors (Lipinski definition) is 2. The largest absolute Gasteiger partial charge is 0.334 e. The van der Waals surface area contributed by atoms with Crippen LogP contribution in [-0.2, 0) is 9.59 Å². The van der Waals surface area contributed by atoms with Crippen LogP contribution in [0.2, 0.25) is 0 Å². The topological polar surface area (TPSA) is 66.0 Å². The van der Waals surface area contributed by atoms with E-state index in [0.717, 1.165) is 5.69 Å². The van der Waals surface area contributed by atoms with E-state index in [1.807, 2.05) is 31.2 Å². The molecule has 1 saturated carbocycles. The molecule has 5 nitrogen and oxygen atoms in total. The van der Waals surface area contributed by atoms with Crippen molar-refractivity contribution in [1.82, 2.24) is 0 Å². The molecule has 3 N–H and O–H groups in total. The molecule has 1 fully saturated rings. The van der Waals surface area contributed by atoms with Crippen molar-refractivity contribution in [2.75, 3.05) is 16.8 Å². The minimum atomic E-state index is -0.179. The molecule has 130 valence electrons. The number of rotatable bonds is 3. The van der Waals surface area contributed by atoms with Gasteiger partial charge in [0.05, 0.1) is 17.4 Å². The van der Waals surface area contributed by atoms with Gasteiger partial charge in [-0.2, -0.15) is 0 Å². The molecule has 2 amide bonds. The van der Waals surface area contributed by atoms with Crippen molar-refractivity contribution in [2.24, 2.45) is 11.8 Å². The highest BCUT2D eigenvalue weighted by Crippen LogP contribution is 2.30. The van der Waals surface area contributed by atoms with Crippen molar-refractivity contribution in [2.45, 2.75) is 52.1 Å². The van der Waals surface area contributed by atoms with Gasteiger partial charge in [0, 0.05) is 5.92 Å². The van der Waals surface area contributed by atoms with E-state index in [9.17, 15) is 9.59 Å². The van der Waals surface area contributed by atoms with Gasteiger partial charge in [-0.05, 0) is 44.2 Å². The highest BCUT2D eigenvalue weighted by molar-refractivity contribution is 6.10. The van der Waals surface area contributed by atoms with Gasteiger partial charge in [0.1, 0.15) is 6.54 Å². The molecule has 0 bridgehead atoms. The van der Waals surface area contributed by atoms with E-state index in [2.05, 4.69) is 24.5 Å². The van der Waals surface area contributed by atoms with Crippen molar-refractivity contribution in [3.05, 3.63) is 24.3 Å².